The standard InChI is InChI=1S/C17H27FN2/c1-12(2)14-5-4-9-20(10-8-14)17-7-6-15(13(3)19)11-16(17)18/h6-7,11-14H,4-5,8-10,19H2,1-3H3. The van der Waals surface area contributed by atoms with Gasteiger partial charge in [-0.3, -0.25) is 0 Å². The van der Waals surface area contributed by atoms with Crippen LogP contribution in [0, 0.1) is 17.7 Å². The van der Waals surface area contributed by atoms with Crippen LogP contribution in [0.5, 0.6) is 0 Å². The first kappa shape index (κ1) is 15.3. The first-order chi connectivity index (χ1) is 9.49. The van der Waals surface area contributed by atoms with Gasteiger partial charge in [0, 0.05) is 19.1 Å². The van der Waals surface area contributed by atoms with E-state index >= 15 is 0 Å². The summed E-state index contributed by atoms with van der Waals surface area (Å²) in [6.07, 6.45) is 3.57. The largest absolute Gasteiger partial charge is 0.369 e. The Morgan fingerprint density at radius 3 is 2.55 bits per heavy atom. The average Bonchev–Trinajstić information content (AvgIpc) is 2.64. The highest BCUT2D eigenvalue weighted by Gasteiger charge is 2.21. The summed E-state index contributed by atoms with van der Waals surface area (Å²) in [6.45, 7) is 8.37. The van der Waals surface area contributed by atoms with Gasteiger partial charge in [-0.05, 0) is 55.7 Å². The van der Waals surface area contributed by atoms with Gasteiger partial charge in [-0.15, -0.1) is 0 Å². The fourth-order valence-corrected chi connectivity index (χ4v) is 3.09. The summed E-state index contributed by atoms with van der Waals surface area (Å²) in [5, 5.41) is 0. The molecular formula is C17H27FN2. The molecule has 2 rings (SSSR count). The molecule has 0 aromatic heterocycles. The Bertz CT molecular complexity index is 443. The van der Waals surface area contributed by atoms with Gasteiger partial charge in [-0.1, -0.05) is 19.9 Å². The SMILES string of the molecule is CC(N)c1ccc(N2CCCC(C(C)C)CC2)c(F)c1. The van der Waals surface area contributed by atoms with Crippen LogP contribution in [-0.2, 0) is 0 Å². The van der Waals surface area contributed by atoms with Gasteiger partial charge < -0.3 is 10.6 Å². The molecule has 0 spiro atoms. The molecule has 0 saturated carbocycles. The van der Waals surface area contributed by atoms with Crippen LogP contribution < -0.4 is 10.6 Å². The van der Waals surface area contributed by atoms with Crippen molar-refractivity contribution < 1.29 is 4.39 Å². The van der Waals surface area contributed by atoms with E-state index in [2.05, 4.69) is 18.7 Å². The van der Waals surface area contributed by atoms with E-state index in [1.165, 1.54) is 6.42 Å². The quantitative estimate of drug-likeness (QED) is 0.901. The molecule has 1 aromatic carbocycles. The van der Waals surface area contributed by atoms with E-state index in [1.54, 1.807) is 6.07 Å². The first-order valence-electron chi connectivity index (χ1n) is 7.79. The number of nitrogens with zero attached hydrogens (tertiary/aromatic N) is 1. The summed E-state index contributed by atoms with van der Waals surface area (Å²) < 4.78 is 14.3. The van der Waals surface area contributed by atoms with Crippen LogP contribution >= 0.6 is 0 Å². The highest BCUT2D eigenvalue weighted by Crippen LogP contribution is 2.29. The molecule has 2 nitrogen and oxygen atoms in total. The maximum Gasteiger partial charge on any atom is 0.146 e. The average molecular weight is 278 g/mol. The lowest BCUT2D eigenvalue weighted by atomic mass is 9.89. The summed E-state index contributed by atoms with van der Waals surface area (Å²) >= 11 is 0. The Labute approximate surface area is 122 Å². The minimum Gasteiger partial charge on any atom is -0.369 e. The third kappa shape index (κ3) is 3.51. The topological polar surface area (TPSA) is 29.3 Å². The molecule has 1 aromatic rings. The van der Waals surface area contributed by atoms with Crippen LogP contribution in [-0.4, -0.2) is 13.1 Å². The van der Waals surface area contributed by atoms with Crippen molar-refractivity contribution in [3.8, 4) is 0 Å². The summed E-state index contributed by atoms with van der Waals surface area (Å²) in [5.74, 6) is 1.36. The zero-order chi connectivity index (χ0) is 14.7. The van der Waals surface area contributed by atoms with Gasteiger partial charge in [0.05, 0.1) is 5.69 Å². The second kappa shape index (κ2) is 6.57. The number of halogens is 1. The number of anilines is 1. The van der Waals surface area contributed by atoms with Gasteiger partial charge in [0.15, 0.2) is 0 Å². The Hall–Kier alpha value is -1.09. The van der Waals surface area contributed by atoms with E-state index in [0.717, 1.165) is 49.0 Å². The fourth-order valence-electron chi connectivity index (χ4n) is 3.09. The molecule has 2 atom stereocenters. The van der Waals surface area contributed by atoms with E-state index in [1.807, 2.05) is 19.1 Å². The molecule has 1 fully saturated rings. The highest BCUT2D eigenvalue weighted by atomic mass is 19.1. The summed E-state index contributed by atoms with van der Waals surface area (Å²) in [4.78, 5) is 2.20. The minimum atomic E-state index is -0.136. The Morgan fingerprint density at radius 2 is 1.95 bits per heavy atom. The zero-order valence-electron chi connectivity index (χ0n) is 12.9. The third-order valence-corrected chi connectivity index (χ3v) is 4.55. The molecular weight excluding hydrogens is 251 g/mol. The summed E-state index contributed by atoms with van der Waals surface area (Å²) in [6, 6.07) is 5.32. The minimum absolute atomic E-state index is 0.118. The second-order valence-electron chi connectivity index (χ2n) is 6.42. The molecule has 2 unspecified atom stereocenters. The Kier molecular flexibility index (Phi) is 5.03. The maximum absolute atomic E-state index is 14.3. The lowest BCUT2D eigenvalue weighted by molar-refractivity contribution is 0.351. The molecule has 20 heavy (non-hydrogen) atoms. The molecule has 3 heteroatoms. The molecule has 1 saturated heterocycles. The lowest BCUT2D eigenvalue weighted by Crippen LogP contribution is -2.25. The van der Waals surface area contributed by atoms with Gasteiger partial charge in [0.2, 0.25) is 0 Å². The van der Waals surface area contributed by atoms with Crippen molar-refractivity contribution >= 4 is 5.69 Å². The van der Waals surface area contributed by atoms with Crippen LogP contribution in [0.15, 0.2) is 18.2 Å². The van der Waals surface area contributed by atoms with Gasteiger partial charge in [-0.2, -0.15) is 0 Å². The van der Waals surface area contributed by atoms with Crippen LogP contribution in [0.25, 0.3) is 0 Å². The molecule has 0 amide bonds. The molecule has 1 heterocycles. The van der Waals surface area contributed by atoms with E-state index in [9.17, 15) is 4.39 Å². The number of hydrogen-bond acceptors (Lipinski definition) is 2. The van der Waals surface area contributed by atoms with E-state index in [-0.39, 0.29) is 11.9 Å². The summed E-state index contributed by atoms with van der Waals surface area (Å²) in [5.41, 5.74) is 7.40. The fraction of sp³-hybridized carbons (Fsp3) is 0.647. The van der Waals surface area contributed by atoms with E-state index in [4.69, 9.17) is 5.73 Å². The van der Waals surface area contributed by atoms with Crippen LogP contribution in [0.4, 0.5) is 10.1 Å². The van der Waals surface area contributed by atoms with E-state index in [0.29, 0.717) is 0 Å². The van der Waals surface area contributed by atoms with Crippen molar-refractivity contribution in [2.45, 2.75) is 46.1 Å². The van der Waals surface area contributed by atoms with Crippen molar-refractivity contribution in [2.75, 3.05) is 18.0 Å². The molecule has 112 valence electrons. The molecule has 0 bridgehead atoms. The second-order valence-corrected chi connectivity index (χ2v) is 6.42. The Balaban J connectivity index is 2.12. The first-order valence-corrected chi connectivity index (χ1v) is 7.79. The van der Waals surface area contributed by atoms with Gasteiger partial charge in [-0.25, -0.2) is 4.39 Å². The van der Waals surface area contributed by atoms with Gasteiger partial charge in [0.1, 0.15) is 5.82 Å². The molecule has 2 N–H and O–H groups in total. The summed E-state index contributed by atoms with van der Waals surface area (Å²) in [7, 11) is 0. The smallest absolute Gasteiger partial charge is 0.146 e. The van der Waals surface area contributed by atoms with E-state index < -0.39 is 0 Å². The van der Waals surface area contributed by atoms with Gasteiger partial charge >= 0.3 is 0 Å². The third-order valence-electron chi connectivity index (χ3n) is 4.55. The van der Waals surface area contributed by atoms with Gasteiger partial charge in [0.25, 0.3) is 0 Å². The van der Waals surface area contributed by atoms with Crippen molar-refractivity contribution in [3.05, 3.63) is 29.6 Å². The zero-order valence-corrected chi connectivity index (χ0v) is 12.9. The molecule has 1 aliphatic rings. The predicted molar refractivity (Wildman–Crippen MR) is 83.4 cm³/mol. The number of hydrogen-bond donors (Lipinski definition) is 1. The monoisotopic (exact) mass is 278 g/mol. The maximum atomic E-state index is 14.3. The molecule has 0 aliphatic carbocycles. The van der Waals surface area contributed by atoms with Crippen molar-refractivity contribution in [1.29, 1.82) is 0 Å². The van der Waals surface area contributed by atoms with Crippen LogP contribution in [0.3, 0.4) is 0 Å². The number of rotatable bonds is 3. The molecule has 0 radical (unpaired) electrons. The van der Waals surface area contributed by atoms with Crippen molar-refractivity contribution in [2.24, 2.45) is 17.6 Å². The predicted octanol–water partition coefficient (Wildman–Crippen LogP) is 4.11. The van der Waals surface area contributed by atoms with Crippen LogP contribution in [0.1, 0.15) is 51.6 Å². The highest BCUT2D eigenvalue weighted by molar-refractivity contribution is 5.49. The Morgan fingerprint density at radius 1 is 1.20 bits per heavy atom. The normalized spacial score (nSPS) is 21.9. The van der Waals surface area contributed by atoms with Crippen LogP contribution in [0.2, 0.25) is 0 Å². The number of benzene rings is 1. The lowest BCUT2D eigenvalue weighted by Gasteiger charge is -2.24. The van der Waals surface area contributed by atoms with Crippen molar-refractivity contribution in [1.82, 2.24) is 0 Å². The van der Waals surface area contributed by atoms with Crippen molar-refractivity contribution in [3.63, 3.8) is 0 Å². The number of nitrogens with two attached hydrogens (primary N) is 1. The molecule has 1 aliphatic heterocycles.